The van der Waals surface area contributed by atoms with Gasteiger partial charge in [-0.3, -0.25) is 0 Å². The fourth-order valence-electron chi connectivity index (χ4n) is 2.66. The molecule has 0 radical (unpaired) electrons. The van der Waals surface area contributed by atoms with Crippen LogP contribution in [0.3, 0.4) is 0 Å². The highest BCUT2D eigenvalue weighted by atomic mass is 32.2. The second-order valence-corrected chi connectivity index (χ2v) is 7.93. The molecule has 0 aromatic heterocycles. The molecule has 1 saturated carbocycles. The highest BCUT2D eigenvalue weighted by Crippen LogP contribution is 2.24. The van der Waals surface area contributed by atoms with E-state index < -0.39 is 10.0 Å². The number of ether oxygens (including phenoxy) is 1. The lowest BCUT2D eigenvalue weighted by Crippen LogP contribution is -2.38. The highest BCUT2D eigenvalue weighted by Gasteiger charge is 2.25. The third kappa shape index (κ3) is 4.44. The Hall–Kier alpha value is -1.11. The van der Waals surface area contributed by atoms with Gasteiger partial charge in [-0.25, -0.2) is 13.1 Å². The van der Waals surface area contributed by atoms with Gasteiger partial charge in [-0.1, -0.05) is 0 Å². The normalized spacial score (nSPS) is 22.8. The SMILES string of the molecule is Cc1cc(S(=O)(=O)NC2CCC(O)CC2)ccc1OC(C)C. The Balaban J connectivity index is 2.10. The molecule has 0 amide bonds. The molecule has 1 aliphatic rings. The topological polar surface area (TPSA) is 75.6 Å². The van der Waals surface area contributed by atoms with Gasteiger partial charge in [0.25, 0.3) is 0 Å². The van der Waals surface area contributed by atoms with Crippen molar-refractivity contribution in [3.8, 4) is 5.75 Å². The fraction of sp³-hybridized carbons (Fsp3) is 0.625. The van der Waals surface area contributed by atoms with Crippen molar-refractivity contribution in [1.82, 2.24) is 4.72 Å². The first kappa shape index (κ1) is 17.2. The van der Waals surface area contributed by atoms with E-state index in [2.05, 4.69) is 4.72 Å². The van der Waals surface area contributed by atoms with Crippen LogP contribution < -0.4 is 9.46 Å². The molecule has 124 valence electrons. The largest absolute Gasteiger partial charge is 0.491 e. The zero-order valence-electron chi connectivity index (χ0n) is 13.4. The van der Waals surface area contributed by atoms with Crippen molar-refractivity contribution in [2.75, 3.05) is 0 Å². The van der Waals surface area contributed by atoms with Crippen molar-refractivity contribution in [3.63, 3.8) is 0 Å². The molecular weight excluding hydrogens is 302 g/mol. The molecule has 0 aliphatic heterocycles. The Kier molecular flexibility index (Phi) is 5.47. The van der Waals surface area contributed by atoms with E-state index in [1.807, 2.05) is 20.8 Å². The van der Waals surface area contributed by atoms with Gasteiger partial charge in [0.15, 0.2) is 0 Å². The molecule has 1 aromatic rings. The van der Waals surface area contributed by atoms with Crippen molar-refractivity contribution in [2.45, 2.75) is 69.6 Å². The first-order valence-corrected chi connectivity index (χ1v) is 9.24. The maximum atomic E-state index is 12.5. The number of nitrogens with one attached hydrogen (secondary N) is 1. The van der Waals surface area contributed by atoms with Crippen molar-refractivity contribution in [3.05, 3.63) is 23.8 Å². The van der Waals surface area contributed by atoms with Gasteiger partial charge in [-0.15, -0.1) is 0 Å². The van der Waals surface area contributed by atoms with Crippen molar-refractivity contribution in [2.24, 2.45) is 0 Å². The molecule has 6 heteroatoms. The van der Waals surface area contributed by atoms with Gasteiger partial charge in [0.1, 0.15) is 5.75 Å². The molecule has 5 nitrogen and oxygen atoms in total. The lowest BCUT2D eigenvalue weighted by molar-refractivity contribution is 0.120. The van der Waals surface area contributed by atoms with E-state index in [4.69, 9.17) is 4.74 Å². The zero-order valence-corrected chi connectivity index (χ0v) is 14.2. The summed E-state index contributed by atoms with van der Waals surface area (Å²) in [5.74, 6) is 0.703. The number of hydrogen-bond acceptors (Lipinski definition) is 4. The predicted molar refractivity (Wildman–Crippen MR) is 85.5 cm³/mol. The quantitative estimate of drug-likeness (QED) is 0.870. The molecule has 2 rings (SSSR count). The molecule has 0 bridgehead atoms. The second kappa shape index (κ2) is 6.98. The van der Waals surface area contributed by atoms with E-state index in [-0.39, 0.29) is 23.1 Å². The molecule has 1 aliphatic carbocycles. The number of aliphatic hydroxyl groups is 1. The third-order valence-electron chi connectivity index (χ3n) is 3.84. The van der Waals surface area contributed by atoms with Crippen LogP contribution in [0.2, 0.25) is 0 Å². The van der Waals surface area contributed by atoms with Gasteiger partial charge in [-0.05, 0) is 70.2 Å². The summed E-state index contributed by atoms with van der Waals surface area (Å²) in [6.07, 6.45) is 2.39. The van der Waals surface area contributed by atoms with Gasteiger partial charge in [0, 0.05) is 6.04 Å². The maximum Gasteiger partial charge on any atom is 0.240 e. The predicted octanol–water partition coefficient (Wildman–Crippen LogP) is 2.36. The van der Waals surface area contributed by atoms with E-state index in [0.717, 1.165) is 5.56 Å². The van der Waals surface area contributed by atoms with Gasteiger partial charge >= 0.3 is 0 Å². The number of benzene rings is 1. The second-order valence-electron chi connectivity index (χ2n) is 6.22. The Morgan fingerprint density at radius 1 is 1.23 bits per heavy atom. The monoisotopic (exact) mass is 327 g/mol. The number of rotatable bonds is 5. The third-order valence-corrected chi connectivity index (χ3v) is 5.36. The van der Waals surface area contributed by atoms with Gasteiger partial charge in [0.05, 0.1) is 17.1 Å². The molecule has 0 saturated heterocycles. The van der Waals surface area contributed by atoms with Crippen molar-refractivity contribution in [1.29, 1.82) is 0 Å². The molecule has 22 heavy (non-hydrogen) atoms. The van der Waals surface area contributed by atoms with Crippen LogP contribution in [0, 0.1) is 6.92 Å². The summed E-state index contributed by atoms with van der Waals surface area (Å²) in [7, 11) is -3.53. The summed E-state index contributed by atoms with van der Waals surface area (Å²) in [4.78, 5) is 0.257. The molecule has 1 aromatic carbocycles. The fourth-order valence-corrected chi connectivity index (χ4v) is 4.05. The lowest BCUT2D eigenvalue weighted by atomic mass is 9.94. The van der Waals surface area contributed by atoms with Crippen LogP contribution >= 0.6 is 0 Å². The summed E-state index contributed by atoms with van der Waals surface area (Å²) in [5.41, 5.74) is 0.802. The van der Waals surface area contributed by atoms with E-state index in [9.17, 15) is 13.5 Å². The Morgan fingerprint density at radius 2 is 1.86 bits per heavy atom. The van der Waals surface area contributed by atoms with Crippen LogP contribution in [0.1, 0.15) is 45.1 Å². The highest BCUT2D eigenvalue weighted by molar-refractivity contribution is 7.89. The van der Waals surface area contributed by atoms with Crippen molar-refractivity contribution >= 4 is 10.0 Å². The summed E-state index contributed by atoms with van der Waals surface area (Å²) < 4.78 is 33.3. The van der Waals surface area contributed by atoms with E-state index >= 15 is 0 Å². The molecular formula is C16H25NO4S. The van der Waals surface area contributed by atoms with Crippen LogP contribution in [0.5, 0.6) is 5.75 Å². The summed E-state index contributed by atoms with van der Waals surface area (Å²) >= 11 is 0. The van der Waals surface area contributed by atoms with Gasteiger partial charge < -0.3 is 9.84 Å². The lowest BCUT2D eigenvalue weighted by Gasteiger charge is -2.26. The maximum absolute atomic E-state index is 12.5. The van der Waals surface area contributed by atoms with E-state index in [0.29, 0.717) is 31.4 Å². The van der Waals surface area contributed by atoms with Crippen LogP contribution in [-0.2, 0) is 10.0 Å². The Labute approximate surface area is 132 Å². The number of aryl methyl sites for hydroxylation is 1. The van der Waals surface area contributed by atoms with Crippen LogP contribution in [0.25, 0.3) is 0 Å². The average molecular weight is 327 g/mol. The smallest absolute Gasteiger partial charge is 0.240 e. The Morgan fingerprint density at radius 3 is 2.41 bits per heavy atom. The minimum absolute atomic E-state index is 0.0490. The van der Waals surface area contributed by atoms with Crippen LogP contribution in [-0.4, -0.2) is 31.8 Å². The van der Waals surface area contributed by atoms with E-state index in [1.165, 1.54) is 0 Å². The summed E-state index contributed by atoms with van der Waals surface area (Å²) in [6, 6.07) is 4.82. The standard InChI is InChI=1S/C16H25NO4S/c1-11(2)21-16-9-8-15(10-12(16)3)22(19,20)17-13-4-6-14(18)7-5-13/h8-11,13-14,17-18H,4-7H2,1-3H3. The van der Waals surface area contributed by atoms with Gasteiger partial charge in [0.2, 0.25) is 10.0 Å². The molecule has 0 unspecified atom stereocenters. The average Bonchev–Trinajstić information content (AvgIpc) is 2.43. The molecule has 0 heterocycles. The summed E-state index contributed by atoms with van der Waals surface area (Å²) in [5, 5.41) is 9.49. The summed E-state index contributed by atoms with van der Waals surface area (Å²) in [6.45, 7) is 5.71. The van der Waals surface area contributed by atoms with Crippen LogP contribution in [0.15, 0.2) is 23.1 Å². The minimum atomic E-state index is -3.53. The number of hydrogen-bond donors (Lipinski definition) is 2. The molecule has 2 N–H and O–H groups in total. The molecule has 0 atom stereocenters. The Bertz CT molecular complexity index is 605. The number of aliphatic hydroxyl groups excluding tert-OH is 1. The minimum Gasteiger partial charge on any atom is -0.491 e. The van der Waals surface area contributed by atoms with Crippen LogP contribution in [0.4, 0.5) is 0 Å². The molecule has 1 fully saturated rings. The van der Waals surface area contributed by atoms with Gasteiger partial charge in [-0.2, -0.15) is 0 Å². The first-order valence-electron chi connectivity index (χ1n) is 7.75. The molecule has 0 spiro atoms. The van der Waals surface area contributed by atoms with E-state index in [1.54, 1.807) is 18.2 Å². The first-order chi connectivity index (χ1) is 10.3. The van der Waals surface area contributed by atoms with Crippen molar-refractivity contribution < 1.29 is 18.3 Å². The number of sulfonamides is 1. The zero-order chi connectivity index (χ0) is 16.3.